The molecule has 1 saturated carbocycles. The average molecular weight is 437 g/mol. The normalized spacial score (nSPS) is 34.2. The van der Waals surface area contributed by atoms with Crippen LogP contribution in [0.2, 0.25) is 0 Å². The molecule has 0 radical (unpaired) electrons. The Kier molecular flexibility index (Phi) is 5.34. The van der Waals surface area contributed by atoms with Gasteiger partial charge in [-0.05, 0) is 69.1 Å². The molecule has 1 aromatic rings. The van der Waals surface area contributed by atoms with Crippen molar-refractivity contribution in [1.29, 1.82) is 0 Å². The number of amides is 3. The molecule has 0 spiro atoms. The summed E-state index contributed by atoms with van der Waals surface area (Å²) < 4.78 is 5.40. The lowest BCUT2D eigenvalue weighted by Gasteiger charge is -2.40. The number of hydrogen-bond donors (Lipinski definition) is 0. The number of ether oxygens (including phenoxy) is 1. The zero-order valence-electron chi connectivity index (χ0n) is 19.1. The van der Waals surface area contributed by atoms with E-state index >= 15 is 0 Å². The monoisotopic (exact) mass is 436 g/mol. The molecule has 5 rings (SSSR count). The van der Waals surface area contributed by atoms with E-state index in [9.17, 15) is 14.4 Å². The molecule has 3 amide bonds. The molecule has 170 valence electrons. The number of carbonyl (C=O) groups excluding carboxylic acids is 3. The third kappa shape index (κ3) is 3.26. The summed E-state index contributed by atoms with van der Waals surface area (Å²) in [7, 11) is 1.59. The molecule has 7 atom stereocenters. The van der Waals surface area contributed by atoms with E-state index in [1.54, 1.807) is 7.11 Å². The van der Waals surface area contributed by atoms with Crippen LogP contribution in [0.1, 0.15) is 57.6 Å². The van der Waals surface area contributed by atoms with Gasteiger partial charge in [0.25, 0.3) is 0 Å². The third-order valence-electron chi connectivity index (χ3n) is 8.14. The van der Waals surface area contributed by atoms with Crippen molar-refractivity contribution in [2.24, 2.45) is 23.7 Å². The maximum absolute atomic E-state index is 13.6. The topological polar surface area (TPSA) is 66.9 Å². The molecule has 32 heavy (non-hydrogen) atoms. The molecule has 2 aliphatic carbocycles. The van der Waals surface area contributed by atoms with Crippen LogP contribution >= 0.6 is 0 Å². The Balaban J connectivity index is 1.49. The largest absolute Gasteiger partial charge is 0.497 e. The summed E-state index contributed by atoms with van der Waals surface area (Å²) in [5, 5.41) is 0. The van der Waals surface area contributed by atoms with Gasteiger partial charge in [0, 0.05) is 12.1 Å². The van der Waals surface area contributed by atoms with Gasteiger partial charge in [0.1, 0.15) is 5.75 Å². The van der Waals surface area contributed by atoms with E-state index in [-0.39, 0.29) is 59.9 Å². The van der Waals surface area contributed by atoms with Crippen LogP contribution in [0.25, 0.3) is 0 Å². The molecule has 3 fully saturated rings. The number of carbonyl (C=O) groups is 3. The van der Waals surface area contributed by atoms with Crippen molar-refractivity contribution in [2.45, 2.75) is 64.1 Å². The lowest BCUT2D eigenvalue weighted by atomic mass is 9.85. The smallest absolute Gasteiger partial charge is 0.234 e. The summed E-state index contributed by atoms with van der Waals surface area (Å²) in [6.07, 6.45) is 8.30. The van der Waals surface area contributed by atoms with Gasteiger partial charge < -0.3 is 9.64 Å². The van der Waals surface area contributed by atoms with E-state index in [1.165, 1.54) is 4.90 Å². The van der Waals surface area contributed by atoms with Gasteiger partial charge in [0.15, 0.2) is 0 Å². The Morgan fingerprint density at radius 2 is 1.69 bits per heavy atom. The van der Waals surface area contributed by atoms with Gasteiger partial charge in [-0.25, -0.2) is 0 Å². The first-order valence-electron chi connectivity index (χ1n) is 11.9. The fourth-order valence-corrected chi connectivity index (χ4v) is 6.62. The van der Waals surface area contributed by atoms with Crippen LogP contribution in [0.15, 0.2) is 36.4 Å². The van der Waals surface area contributed by atoms with Crippen molar-refractivity contribution in [3.8, 4) is 5.75 Å². The minimum atomic E-state index is -0.607. The zero-order chi connectivity index (χ0) is 22.6. The standard InChI is InChI=1S/C26H32N2O4/c1-15-6-4-7-16(2)27(15)22(29)14-21(17-8-5-9-20(13-17)32-3)28-25(30)23-18-10-11-19(12-18)24(23)26(28)31/h5,8-11,13,15-16,18-19,21,23-24H,4,6-7,12,14H2,1-3H3. The van der Waals surface area contributed by atoms with Crippen molar-refractivity contribution < 1.29 is 19.1 Å². The number of likely N-dealkylation sites (tertiary alicyclic amines) is 2. The summed E-state index contributed by atoms with van der Waals surface area (Å²) in [5.41, 5.74) is 0.775. The van der Waals surface area contributed by atoms with Crippen LogP contribution in [0.4, 0.5) is 0 Å². The number of imide groups is 1. The zero-order valence-corrected chi connectivity index (χ0v) is 19.1. The van der Waals surface area contributed by atoms with Crippen LogP contribution in [-0.4, -0.2) is 46.7 Å². The van der Waals surface area contributed by atoms with E-state index in [2.05, 4.69) is 26.0 Å². The molecule has 0 aromatic heterocycles. The molecule has 6 heteroatoms. The number of hydrogen-bond acceptors (Lipinski definition) is 4. The molecule has 1 aromatic carbocycles. The summed E-state index contributed by atoms with van der Waals surface area (Å²) in [6, 6.07) is 7.17. The maximum atomic E-state index is 13.6. The van der Waals surface area contributed by atoms with Crippen molar-refractivity contribution in [3.63, 3.8) is 0 Å². The first-order chi connectivity index (χ1) is 15.4. The van der Waals surface area contributed by atoms with Gasteiger partial charge in [-0.15, -0.1) is 0 Å². The lowest BCUT2D eigenvalue weighted by molar-refractivity contribution is -0.146. The molecular weight excluding hydrogens is 404 g/mol. The van der Waals surface area contributed by atoms with Gasteiger partial charge in [-0.2, -0.15) is 0 Å². The summed E-state index contributed by atoms with van der Waals surface area (Å²) in [5.74, 6) is 0.193. The summed E-state index contributed by atoms with van der Waals surface area (Å²) in [6.45, 7) is 4.18. The van der Waals surface area contributed by atoms with E-state index < -0.39 is 6.04 Å². The van der Waals surface area contributed by atoms with Crippen LogP contribution in [0, 0.1) is 23.7 Å². The highest BCUT2D eigenvalue weighted by molar-refractivity contribution is 6.07. The van der Waals surface area contributed by atoms with Crippen LogP contribution in [-0.2, 0) is 14.4 Å². The Labute approximate surface area is 189 Å². The predicted octanol–water partition coefficient (Wildman–Crippen LogP) is 3.72. The predicted molar refractivity (Wildman–Crippen MR) is 120 cm³/mol. The Bertz CT molecular complexity index is 932. The summed E-state index contributed by atoms with van der Waals surface area (Å²) >= 11 is 0. The van der Waals surface area contributed by atoms with E-state index in [0.29, 0.717) is 5.75 Å². The highest BCUT2D eigenvalue weighted by atomic mass is 16.5. The molecule has 7 unspecified atom stereocenters. The maximum Gasteiger partial charge on any atom is 0.234 e. The van der Waals surface area contributed by atoms with Crippen molar-refractivity contribution in [1.82, 2.24) is 9.80 Å². The highest BCUT2D eigenvalue weighted by Gasteiger charge is 2.60. The third-order valence-corrected chi connectivity index (χ3v) is 8.14. The molecule has 2 saturated heterocycles. The summed E-state index contributed by atoms with van der Waals surface area (Å²) in [4.78, 5) is 44.1. The van der Waals surface area contributed by atoms with Gasteiger partial charge >= 0.3 is 0 Å². The second-order valence-corrected chi connectivity index (χ2v) is 9.97. The Hall–Kier alpha value is -2.63. The number of allylic oxidation sites excluding steroid dienone is 2. The number of fused-ring (bicyclic) bond motifs is 5. The van der Waals surface area contributed by atoms with Gasteiger partial charge in [-0.3, -0.25) is 19.3 Å². The lowest BCUT2D eigenvalue weighted by Crippen LogP contribution is -2.49. The van der Waals surface area contributed by atoms with Gasteiger partial charge in [0.05, 0.1) is 31.4 Å². The van der Waals surface area contributed by atoms with Gasteiger partial charge in [0.2, 0.25) is 17.7 Å². The fourth-order valence-electron chi connectivity index (χ4n) is 6.62. The molecule has 2 heterocycles. The molecule has 4 aliphatic rings. The number of benzene rings is 1. The van der Waals surface area contributed by atoms with Crippen LogP contribution in [0.5, 0.6) is 5.75 Å². The minimum absolute atomic E-state index is 0.0104. The highest BCUT2D eigenvalue weighted by Crippen LogP contribution is 2.54. The first kappa shape index (κ1) is 21.2. The first-order valence-corrected chi connectivity index (χ1v) is 11.9. The van der Waals surface area contributed by atoms with E-state index in [0.717, 1.165) is 31.2 Å². The SMILES string of the molecule is COc1cccc(C(CC(=O)N2C(C)CCCC2C)N2C(=O)C3C4C=CC(C4)C3C2=O)c1. The second-order valence-electron chi connectivity index (χ2n) is 9.97. The van der Waals surface area contributed by atoms with E-state index in [1.807, 2.05) is 29.2 Å². The number of nitrogens with zero attached hydrogens (tertiary/aromatic N) is 2. The fraction of sp³-hybridized carbons (Fsp3) is 0.577. The molecule has 0 N–H and O–H groups in total. The van der Waals surface area contributed by atoms with Gasteiger partial charge in [-0.1, -0.05) is 24.3 Å². The number of rotatable bonds is 5. The van der Waals surface area contributed by atoms with Crippen molar-refractivity contribution in [2.75, 3.05) is 7.11 Å². The van der Waals surface area contributed by atoms with Crippen LogP contribution < -0.4 is 4.74 Å². The minimum Gasteiger partial charge on any atom is -0.497 e. The molecular formula is C26H32N2O4. The molecule has 6 nitrogen and oxygen atoms in total. The molecule has 2 bridgehead atoms. The number of methoxy groups -OCH3 is 1. The van der Waals surface area contributed by atoms with Crippen molar-refractivity contribution >= 4 is 17.7 Å². The number of piperidine rings is 1. The Morgan fingerprint density at radius 3 is 2.28 bits per heavy atom. The van der Waals surface area contributed by atoms with E-state index in [4.69, 9.17) is 4.74 Å². The second kappa shape index (κ2) is 8.05. The van der Waals surface area contributed by atoms with Crippen molar-refractivity contribution in [3.05, 3.63) is 42.0 Å². The Morgan fingerprint density at radius 1 is 1.06 bits per heavy atom. The molecule has 2 aliphatic heterocycles. The quantitative estimate of drug-likeness (QED) is 0.521. The average Bonchev–Trinajstić information content (AvgIpc) is 3.46. The van der Waals surface area contributed by atoms with Crippen LogP contribution in [0.3, 0.4) is 0 Å².